The molecule has 0 bridgehead atoms. The van der Waals surface area contributed by atoms with Crippen LogP contribution in [0, 0.1) is 0 Å². The molecule has 0 saturated carbocycles. The first kappa shape index (κ1) is 16.2. The van der Waals surface area contributed by atoms with Gasteiger partial charge in [0.25, 0.3) is 0 Å². The van der Waals surface area contributed by atoms with Crippen LogP contribution in [0.3, 0.4) is 0 Å². The van der Waals surface area contributed by atoms with Crippen molar-refractivity contribution in [3.05, 3.63) is 42.5 Å². The number of likely N-dealkylation sites (N-methyl/N-ethyl adjacent to an activating group) is 1. The minimum Gasteiger partial charge on any atom is -0.370 e. The smallest absolute Gasteiger partial charge is 0.133 e. The van der Waals surface area contributed by atoms with E-state index in [1.807, 2.05) is 18.5 Å². The third kappa shape index (κ3) is 5.31. The summed E-state index contributed by atoms with van der Waals surface area (Å²) in [5.41, 5.74) is 1.29. The largest absolute Gasteiger partial charge is 0.370 e. The molecular weight excluding hydrogens is 274 g/mol. The lowest BCUT2D eigenvalue weighted by atomic mass is 10.2. The Balaban J connectivity index is 1.85. The third-order valence-corrected chi connectivity index (χ3v) is 3.62. The SMILES string of the molecule is CCCCCNc1cc(N(C)CCc2ccncc2)ncn1. The van der Waals surface area contributed by atoms with Gasteiger partial charge < -0.3 is 10.2 Å². The molecule has 0 spiro atoms. The molecule has 1 N–H and O–H groups in total. The van der Waals surface area contributed by atoms with E-state index in [9.17, 15) is 0 Å². The first-order chi connectivity index (χ1) is 10.8. The average molecular weight is 299 g/mol. The van der Waals surface area contributed by atoms with Crippen LogP contribution in [-0.2, 0) is 6.42 Å². The lowest BCUT2D eigenvalue weighted by Gasteiger charge is -2.18. The monoisotopic (exact) mass is 299 g/mol. The van der Waals surface area contributed by atoms with Gasteiger partial charge in [-0.05, 0) is 30.5 Å². The van der Waals surface area contributed by atoms with Gasteiger partial charge in [-0.15, -0.1) is 0 Å². The Morgan fingerprint density at radius 2 is 1.95 bits per heavy atom. The van der Waals surface area contributed by atoms with E-state index in [-0.39, 0.29) is 0 Å². The van der Waals surface area contributed by atoms with Crippen LogP contribution in [0.5, 0.6) is 0 Å². The van der Waals surface area contributed by atoms with Gasteiger partial charge in [0.05, 0.1) is 0 Å². The van der Waals surface area contributed by atoms with Gasteiger partial charge in [-0.3, -0.25) is 4.98 Å². The van der Waals surface area contributed by atoms with E-state index in [2.05, 4.69) is 51.3 Å². The lowest BCUT2D eigenvalue weighted by Crippen LogP contribution is -2.21. The number of hydrogen-bond donors (Lipinski definition) is 1. The molecule has 2 aromatic rings. The van der Waals surface area contributed by atoms with Crippen LogP contribution in [0.25, 0.3) is 0 Å². The molecule has 0 fully saturated rings. The highest BCUT2D eigenvalue weighted by molar-refractivity contribution is 5.47. The van der Waals surface area contributed by atoms with E-state index in [0.29, 0.717) is 0 Å². The van der Waals surface area contributed by atoms with Gasteiger partial charge in [0.2, 0.25) is 0 Å². The Morgan fingerprint density at radius 3 is 2.73 bits per heavy atom. The standard InChI is InChI=1S/C17H25N5/c1-3-4-5-9-19-16-13-17(21-14-20-16)22(2)12-8-15-6-10-18-11-7-15/h6-7,10-11,13-14H,3-5,8-9,12H2,1-2H3,(H,19,20,21). The van der Waals surface area contributed by atoms with Crippen LogP contribution in [-0.4, -0.2) is 35.1 Å². The van der Waals surface area contributed by atoms with Crippen molar-refractivity contribution in [1.29, 1.82) is 0 Å². The van der Waals surface area contributed by atoms with Crippen molar-refractivity contribution >= 4 is 11.6 Å². The topological polar surface area (TPSA) is 53.9 Å². The molecule has 118 valence electrons. The first-order valence-electron chi connectivity index (χ1n) is 7.95. The quantitative estimate of drug-likeness (QED) is 0.721. The van der Waals surface area contributed by atoms with Crippen LogP contribution < -0.4 is 10.2 Å². The maximum atomic E-state index is 4.36. The molecule has 5 nitrogen and oxygen atoms in total. The van der Waals surface area contributed by atoms with Crippen LogP contribution >= 0.6 is 0 Å². The van der Waals surface area contributed by atoms with E-state index in [4.69, 9.17) is 0 Å². The molecule has 2 heterocycles. The number of aromatic nitrogens is 3. The lowest BCUT2D eigenvalue weighted by molar-refractivity contribution is 0.742. The summed E-state index contributed by atoms with van der Waals surface area (Å²) in [7, 11) is 2.06. The average Bonchev–Trinajstić information content (AvgIpc) is 2.58. The van der Waals surface area contributed by atoms with Gasteiger partial charge in [0.1, 0.15) is 18.0 Å². The molecule has 0 saturated heterocycles. The number of hydrogen-bond acceptors (Lipinski definition) is 5. The summed E-state index contributed by atoms with van der Waals surface area (Å²) >= 11 is 0. The summed E-state index contributed by atoms with van der Waals surface area (Å²) < 4.78 is 0. The highest BCUT2D eigenvalue weighted by atomic mass is 15.2. The summed E-state index contributed by atoms with van der Waals surface area (Å²) in [6.45, 7) is 4.09. The van der Waals surface area contributed by atoms with Crippen LogP contribution in [0.15, 0.2) is 36.9 Å². The Bertz CT molecular complexity index is 544. The van der Waals surface area contributed by atoms with Crippen molar-refractivity contribution in [1.82, 2.24) is 15.0 Å². The molecule has 0 aliphatic heterocycles. The number of unbranched alkanes of at least 4 members (excludes halogenated alkanes) is 2. The Hall–Kier alpha value is -2.17. The number of rotatable bonds is 9. The van der Waals surface area contributed by atoms with Gasteiger partial charge in [0, 0.05) is 38.6 Å². The van der Waals surface area contributed by atoms with Gasteiger partial charge in [-0.1, -0.05) is 19.8 Å². The van der Waals surface area contributed by atoms with E-state index in [1.165, 1.54) is 24.8 Å². The van der Waals surface area contributed by atoms with Crippen LogP contribution in [0.4, 0.5) is 11.6 Å². The minimum atomic E-state index is 0.900. The van der Waals surface area contributed by atoms with E-state index < -0.39 is 0 Å². The molecule has 5 heteroatoms. The predicted molar refractivity (Wildman–Crippen MR) is 91.3 cm³/mol. The van der Waals surface area contributed by atoms with Crippen molar-refractivity contribution in [2.75, 3.05) is 30.4 Å². The molecule has 0 amide bonds. The number of pyridine rings is 1. The molecule has 0 aliphatic rings. The Morgan fingerprint density at radius 1 is 1.14 bits per heavy atom. The molecule has 2 aromatic heterocycles. The predicted octanol–water partition coefficient (Wildman–Crippen LogP) is 3.15. The number of nitrogens with one attached hydrogen (secondary N) is 1. The first-order valence-corrected chi connectivity index (χ1v) is 7.95. The van der Waals surface area contributed by atoms with Crippen molar-refractivity contribution in [3.63, 3.8) is 0 Å². The highest BCUT2D eigenvalue weighted by Gasteiger charge is 2.04. The second-order valence-corrected chi connectivity index (χ2v) is 5.42. The van der Waals surface area contributed by atoms with Crippen molar-refractivity contribution in [2.45, 2.75) is 32.6 Å². The fourth-order valence-electron chi connectivity index (χ4n) is 2.20. The molecule has 0 atom stereocenters. The molecule has 0 aliphatic carbocycles. The second-order valence-electron chi connectivity index (χ2n) is 5.42. The molecule has 2 rings (SSSR count). The molecular formula is C17H25N5. The zero-order chi connectivity index (χ0) is 15.6. The minimum absolute atomic E-state index is 0.900. The molecule has 22 heavy (non-hydrogen) atoms. The summed E-state index contributed by atoms with van der Waals surface area (Å²) in [4.78, 5) is 14.8. The maximum Gasteiger partial charge on any atom is 0.133 e. The fourth-order valence-corrected chi connectivity index (χ4v) is 2.20. The van der Waals surface area contributed by atoms with Gasteiger partial charge >= 0.3 is 0 Å². The highest BCUT2D eigenvalue weighted by Crippen LogP contribution is 2.13. The van der Waals surface area contributed by atoms with Gasteiger partial charge in [0.15, 0.2) is 0 Å². The summed E-state index contributed by atoms with van der Waals surface area (Å²) in [5, 5.41) is 3.36. The zero-order valence-corrected chi connectivity index (χ0v) is 13.5. The molecule has 0 radical (unpaired) electrons. The normalized spacial score (nSPS) is 10.5. The fraction of sp³-hybridized carbons (Fsp3) is 0.471. The van der Waals surface area contributed by atoms with Crippen LogP contribution in [0.1, 0.15) is 31.7 Å². The van der Waals surface area contributed by atoms with Gasteiger partial charge in [-0.2, -0.15) is 0 Å². The zero-order valence-electron chi connectivity index (χ0n) is 13.5. The van der Waals surface area contributed by atoms with Crippen LogP contribution in [0.2, 0.25) is 0 Å². The van der Waals surface area contributed by atoms with Crippen molar-refractivity contribution < 1.29 is 0 Å². The second kappa shape index (κ2) is 8.97. The number of nitrogens with zero attached hydrogens (tertiary/aromatic N) is 4. The third-order valence-electron chi connectivity index (χ3n) is 3.62. The molecule has 0 unspecified atom stereocenters. The van der Waals surface area contributed by atoms with E-state index in [1.54, 1.807) is 6.33 Å². The summed E-state index contributed by atoms with van der Waals surface area (Å²) in [6.07, 6.45) is 9.92. The van der Waals surface area contributed by atoms with Gasteiger partial charge in [-0.25, -0.2) is 9.97 Å². The summed E-state index contributed by atoms with van der Waals surface area (Å²) in [5.74, 6) is 1.85. The Kier molecular flexibility index (Phi) is 6.61. The Labute approximate surface area is 132 Å². The summed E-state index contributed by atoms with van der Waals surface area (Å²) in [6, 6.07) is 6.11. The maximum absolute atomic E-state index is 4.36. The number of anilines is 2. The van der Waals surface area contributed by atoms with E-state index >= 15 is 0 Å². The van der Waals surface area contributed by atoms with Crippen molar-refractivity contribution in [2.24, 2.45) is 0 Å². The van der Waals surface area contributed by atoms with E-state index in [0.717, 1.165) is 31.1 Å². The van der Waals surface area contributed by atoms with Crippen molar-refractivity contribution in [3.8, 4) is 0 Å². The molecule has 0 aromatic carbocycles.